The zero-order valence-electron chi connectivity index (χ0n) is 18.3. The van der Waals surface area contributed by atoms with Gasteiger partial charge in [-0.2, -0.15) is 0 Å². The van der Waals surface area contributed by atoms with Gasteiger partial charge >= 0.3 is 5.97 Å². The quantitative estimate of drug-likeness (QED) is 0.476. The average molecular weight is 438 g/mol. The van der Waals surface area contributed by atoms with Gasteiger partial charge in [-0.1, -0.05) is 26.0 Å². The summed E-state index contributed by atoms with van der Waals surface area (Å²) in [5.74, 6) is -1.72. The first kappa shape index (κ1) is 23.0. The summed E-state index contributed by atoms with van der Waals surface area (Å²) in [4.78, 5) is 51.6. The minimum atomic E-state index is -1.11. The Kier molecular flexibility index (Phi) is 7.25. The van der Waals surface area contributed by atoms with E-state index in [0.29, 0.717) is 18.0 Å². The van der Waals surface area contributed by atoms with Gasteiger partial charge < -0.3 is 14.8 Å². The summed E-state index contributed by atoms with van der Waals surface area (Å²) < 4.78 is 10.5. The third-order valence-electron chi connectivity index (χ3n) is 4.90. The fourth-order valence-electron chi connectivity index (χ4n) is 3.48. The van der Waals surface area contributed by atoms with Crippen LogP contribution >= 0.6 is 0 Å². The van der Waals surface area contributed by atoms with Crippen LogP contribution in [0.2, 0.25) is 0 Å². The van der Waals surface area contributed by atoms with E-state index in [1.54, 1.807) is 48.5 Å². The topological polar surface area (TPSA) is 102 Å². The van der Waals surface area contributed by atoms with Crippen molar-refractivity contribution in [3.05, 3.63) is 59.7 Å². The summed E-state index contributed by atoms with van der Waals surface area (Å²) in [7, 11) is 0. The lowest BCUT2D eigenvalue weighted by atomic mass is 10.0. The molecule has 3 rings (SSSR count). The van der Waals surface area contributed by atoms with E-state index < -0.39 is 36.3 Å². The summed E-state index contributed by atoms with van der Waals surface area (Å²) in [6, 6.07) is 12.1. The number of imide groups is 1. The first-order valence-corrected chi connectivity index (χ1v) is 10.5. The molecule has 8 heteroatoms. The smallest absolute Gasteiger partial charge is 0.329 e. The number of nitrogens with zero attached hydrogens (tertiary/aromatic N) is 1. The van der Waals surface area contributed by atoms with Crippen molar-refractivity contribution in [3.63, 3.8) is 0 Å². The van der Waals surface area contributed by atoms with Crippen LogP contribution in [0.4, 0.5) is 5.69 Å². The van der Waals surface area contributed by atoms with Crippen molar-refractivity contribution in [2.45, 2.75) is 33.2 Å². The van der Waals surface area contributed by atoms with E-state index in [4.69, 9.17) is 9.47 Å². The monoisotopic (exact) mass is 438 g/mol. The van der Waals surface area contributed by atoms with Gasteiger partial charge in [0.2, 0.25) is 0 Å². The zero-order valence-corrected chi connectivity index (χ0v) is 18.3. The second-order valence-electron chi connectivity index (χ2n) is 7.78. The number of carbonyl (C=O) groups is 4. The maximum Gasteiger partial charge on any atom is 0.329 e. The molecule has 1 N–H and O–H groups in total. The Labute approximate surface area is 186 Å². The number of amides is 3. The van der Waals surface area contributed by atoms with Crippen molar-refractivity contribution in [3.8, 4) is 5.75 Å². The first-order valence-electron chi connectivity index (χ1n) is 10.5. The summed E-state index contributed by atoms with van der Waals surface area (Å²) in [6.45, 7) is 5.61. The molecule has 32 heavy (non-hydrogen) atoms. The van der Waals surface area contributed by atoms with Crippen LogP contribution in [0.5, 0.6) is 5.75 Å². The molecule has 2 aromatic carbocycles. The van der Waals surface area contributed by atoms with Gasteiger partial charge in [0.25, 0.3) is 17.7 Å². The van der Waals surface area contributed by atoms with Crippen molar-refractivity contribution in [1.29, 1.82) is 0 Å². The lowest BCUT2D eigenvalue weighted by molar-refractivity contribution is -0.151. The molecule has 3 amide bonds. The Morgan fingerprint density at radius 3 is 2.09 bits per heavy atom. The van der Waals surface area contributed by atoms with E-state index in [1.807, 2.05) is 20.8 Å². The number of benzene rings is 2. The molecule has 1 atom stereocenters. The Balaban J connectivity index is 1.65. The Morgan fingerprint density at radius 2 is 1.56 bits per heavy atom. The molecule has 1 unspecified atom stereocenters. The number of carbonyl (C=O) groups excluding carboxylic acids is 4. The van der Waals surface area contributed by atoms with Crippen LogP contribution in [0.3, 0.4) is 0 Å². The molecule has 0 radical (unpaired) electrons. The molecule has 1 aliphatic rings. The Morgan fingerprint density at radius 1 is 0.969 bits per heavy atom. The number of ether oxygens (including phenoxy) is 2. The molecule has 0 aromatic heterocycles. The van der Waals surface area contributed by atoms with Crippen LogP contribution in [0, 0.1) is 5.92 Å². The third kappa shape index (κ3) is 5.14. The number of hydrogen-bond acceptors (Lipinski definition) is 6. The van der Waals surface area contributed by atoms with E-state index in [-0.39, 0.29) is 23.5 Å². The zero-order chi connectivity index (χ0) is 23.3. The van der Waals surface area contributed by atoms with Crippen LogP contribution in [0.1, 0.15) is 47.9 Å². The van der Waals surface area contributed by atoms with Gasteiger partial charge in [-0.25, -0.2) is 4.79 Å². The normalized spacial score (nSPS) is 13.7. The number of fused-ring (bicyclic) bond motifs is 1. The largest absolute Gasteiger partial charge is 0.494 e. The second kappa shape index (κ2) is 10.1. The van der Waals surface area contributed by atoms with Gasteiger partial charge in [-0.15, -0.1) is 0 Å². The van der Waals surface area contributed by atoms with E-state index in [2.05, 4.69) is 5.32 Å². The fourth-order valence-corrected chi connectivity index (χ4v) is 3.48. The highest BCUT2D eigenvalue weighted by Crippen LogP contribution is 2.27. The Bertz CT molecular complexity index is 980. The molecule has 0 saturated carbocycles. The van der Waals surface area contributed by atoms with E-state index in [9.17, 15) is 19.2 Å². The molecule has 0 saturated heterocycles. The fraction of sp³-hybridized carbons (Fsp3) is 0.333. The summed E-state index contributed by atoms with van der Waals surface area (Å²) in [6.07, 6.45) is 0.227. The van der Waals surface area contributed by atoms with Gasteiger partial charge in [-0.05, 0) is 55.7 Å². The number of hydrogen-bond donors (Lipinski definition) is 1. The summed E-state index contributed by atoms with van der Waals surface area (Å²) in [5, 5.41) is 2.63. The van der Waals surface area contributed by atoms with Gasteiger partial charge in [-0.3, -0.25) is 19.3 Å². The number of esters is 1. The maximum absolute atomic E-state index is 12.8. The minimum Gasteiger partial charge on any atom is -0.494 e. The van der Waals surface area contributed by atoms with Crippen LogP contribution in [-0.4, -0.2) is 47.8 Å². The lowest BCUT2D eigenvalue weighted by Gasteiger charge is -2.25. The highest BCUT2D eigenvalue weighted by molar-refractivity contribution is 6.22. The van der Waals surface area contributed by atoms with Crippen molar-refractivity contribution in [2.24, 2.45) is 5.92 Å². The maximum atomic E-state index is 12.8. The molecule has 1 aliphatic heterocycles. The molecule has 0 fully saturated rings. The molecule has 1 heterocycles. The number of anilines is 1. The number of nitrogens with one attached hydrogen (secondary N) is 1. The second-order valence-corrected chi connectivity index (χ2v) is 7.78. The SMILES string of the molecule is CCOc1ccc(NC(=O)COC(=O)C(CC(C)C)N2C(=O)c3ccccc3C2=O)cc1. The van der Waals surface area contributed by atoms with Crippen molar-refractivity contribution < 1.29 is 28.7 Å². The molecule has 0 aliphatic carbocycles. The van der Waals surface area contributed by atoms with Crippen LogP contribution in [0.15, 0.2) is 48.5 Å². The predicted molar refractivity (Wildman–Crippen MR) is 117 cm³/mol. The molecule has 2 aromatic rings. The van der Waals surface area contributed by atoms with Crippen molar-refractivity contribution in [2.75, 3.05) is 18.5 Å². The van der Waals surface area contributed by atoms with E-state index >= 15 is 0 Å². The third-order valence-corrected chi connectivity index (χ3v) is 4.90. The minimum absolute atomic E-state index is 0.00884. The first-order chi connectivity index (χ1) is 15.3. The highest BCUT2D eigenvalue weighted by Gasteiger charge is 2.43. The van der Waals surface area contributed by atoms with Gasteiger partial charge in [0, 0.05) is 5.69 Å². The van der Waals surface area contributed by atoms with Gasteiger partial charge in [0.15, 0.2) is 6.61 Å². The lowest BCUT2D eigenvalue weighted by Crippen LogP contribution is -2.46. The standard InChI is InChI=1S/C24H26N2O6/c1-4-31-17-11-9-16(10-12-17)25-21(27)14-32-24(30)20(13-15(2)3)26-22(28)18-7-5-6-8-19(18)23(26)29/h5-12,15,20H,4,13-14H2,1-3H3,(H,25,27). The van der Waals surface area contributed by atoms with E-state index in [0.717, 1.165) is 4.90 Å². The Hall–Kier alpha value is -3.68. The highest BCUT2D eigenvalue weighted by atomic mass is 16.5. The van der Waals surface area contributed by atoms with Gasteiger partial charge in [0.1, 0.15) is 11.8 Å². The summed E-state index contributed by atoms with van der Waals surface area (Å²) in [5.41, 5.74) is 1.04. The molecule has 0 bridgehead atoms. The summed E-state index contributed by atoms with van der Waals surface area (Å²) >= 11 is 0. The van der Waals surface area contributed by atoms with Crippen LogP contribution in [-0.2, 0) is 14.3 Å². The predicted octanol–water partition coefficient (Wildman–Crippen LogP) is 3.28. The van der Waals surface area contributed by atoms with E-state index in [1.165, 1.54) is 0 Å². The number of rotatable bonds is 9. The molecule has 8 nitrogen and oxygen atoms in total. The van der Waals surface area contributed by atoms with Crippen molar-refractivity contribution >= 4 is 29.4 Å². The average Bonchev–Trinajstić information content (AvgIpc) is 3.02. The van der Waals surface area contributed by atoms with Crippen LogP contribution < -0.4 is 10.1 Å². The molecule has 0 spiro atoms. The molecular formula is C24H26N2O6. The van der Waals surface area contributed by atoms with Crippen molar-refractivity contribution in [1.82, 2.24) is 4.90 Å². The van der Waals surface area contributed by atoms with Crippen LogP contribution in [0.25, 0.3) is 0 Å². The molecular weight excluding hydrogens is 412 g/mol. The van der Waals surface area contributed by atoms with Gasteiger partial charge in [0.05, 0.1) is 17.7 Å². The molecule has 168 valence electrons.